The zero-order valence-corrected chi connectivity index (χ0v) is 40.0. The topological polar surface area (TPSA) is 311 Å². The molecule has 3 aliphatic heterocycles. The van der Waals surface area contributed by atoms with Gasteiger partial charge in [0.25, 0.3) is 0 Å². The van der Waals surface area contributed by atoms with Crippen LogP contribution in [0.1, 0.15) is 104 Å². The second-order valence-corrected chi connectivity index (χ2v) is 19.2. The monoisotopic (exact) mass is 977 g/mol. The number of allylic oxidation sites excluding steroid dienone is 12. The van der Waals surface area contributed by atoms with Crippen molar-refractivity contribution in [2.24, 2.45) is 17.6 Å². The summed E-state index contributed by atoms with van der Waals surface area (Å²) >= 11 is 0. The molecular weight excluding hydrogens is 897 g/mol. The van der Waals surface area contributed by atoms with E-state index in [-0.39, 0.29) is 50.7 Å². The molecule has 0 aromatic carbocycles. The summed E-state index contributed by atoms with van der Waals surface area (Å²) in [5.41, 5.74) is 6.04. The first-order valence-corrected chi connectivity index (χ1v) is 24.6. The Kier molecular flexibility index (Phi) is 25.1. The highest BCUT2D eigenvalue weighted by molar-refractivity contribution is 5.80. The summed E-state index contributed by atoms with van der Waals surface area (Å²) in [6.07, 6.45) is 10.9. The van der Waals surface area contributed by atoms with Gasteiger partial charge in [-0.05, 0) is 39.0 Å². The first-order chi connectivity index (χ1) is 32.8. The molecule has 0 aromatic rings. The molecule has 1 saturated carbocycles. The number of carbonyl (C=O) groups excluding carboxylic acids is 2. The minimum atomic E-state index is -2.24. The van der Waals surface area contributed by atoms with Crippen molar-refractivity contribution in [1.29, 1.82) is 0 Å². The second kappa shape index (κ2) is 29.8. The van der Waals surface area contributed by atoms with E-state index in [1.54, 1.807) is 49.5 Å². The van der Waals surface area contributed by atoms with Crippen LogP contribution in [0.4, 0.5) is 0 Å². The van der Waals surface area contributed by atoms with E-state index < -0.39 is 135 Å². The lowest BCUT2D eigenvalue weighted by Gasteiger charge is -2.46. The number of aliphatic hydroxyl groups is 10. The lowest BCUT2D eigenvalue weighted by atomic mass is 9.81. The number of hydrogen-bond donors (Lipinski definition) is 12. The summed E-state index contributed by atoms with van der Waals surface area (Å²) in [6, 6.07) is -1.22. The number of amides is 1. The van der Waals surface area contributed by atoms with Gasteiger partial charge in [0.1, 0.15) is 12.2 Å². The van der Waals surface area contributed by atoms with Crippen LogP contribution in [-0.2, 0) is 28.5 Å². The standard InChI is InChI=1S/C51H80N2O16/c1-32-18-14-11-9-7-5-3-4-6-8-10-12-17-21-38(68-50-48(63)47(52)43(61)31-66-50)28-44-46(49(64)53-34-19-15-13-16-20-34)42(60)30-51(65,69-44)29-37(56)26-41(59)39(57)23-22-35(54)25-36(55)27-45(62)67-33(2)24-40(32)58/h3-12,14,17-18,21,32-44,46-48,50,54-61,63,65H,13,15-16,19-20,22-31,52H2,1-2H3,(H,53,64)/b4-3+,7-5+,8-6+,11-9+,12-10+,18-14+,21-17+/t32-,33-,35?,36?,37?,38?,39?,40-,41?,42-,43+,44-,46+,47-,48-,50-,51?/m0/s1. The molecule has 4 rings (SSSR count). The molecule has 18 heteroatoms. The van der Waals surface area contributed by atoms with Crippen molar-refractivity contribution in [3.05, 3.63) is 85.1 Å². The maximum Gasteiger partial charge on any atom is 0.308 e. The van der Waals surface area contributed by atoms with Crippen LogP contribution in [0.15, 0.2) is 85.1 Å². The zero-order chi connectivity index (χ0) is 50.5. The Morgan fingerprint density at radius 3 is 1.91 bits per heavy atom. The van der Waals surface area contributed by atoms with E-state index >= 15 is 0 Å². The van der Waals surface area contributed by atoms with Gasteiger partial charge in [-0.25, -0.2) is 0 Å². The first-order valence-electron chi connectivity index (χ1n) is 24.6. The number of aliphatic hydroxyl groups excluding tert-OH is 9. The van der Waals surface area contributed by atoms with Crippen LogP contribution in [0, 0.1) is 11.8 Å². The number of esters is 1. The molecule has 3 heterocycles. The van der Waals surface area contributed by atoms with E-state index in [0.717, 1.165) is 32.1 Å². The van der Waals surface area contributed by atoms with Gasteiger partial charge in [-0.3, -0.25) is 9.59 Å². The highest BCUT2D eigenvalue weighted by Crippen LogP contribution is 2.38. The van der Waals surface area contributed by atoms with Crippen LogP contribution in [-0.4, -0.2) is 167 Å². The molecule has 0 aromatic heterocycles. The Balaban J connectivity index is 1.58. The normalized spacial score (nSPS) is 42.9. The molecule has 69 heavy (non-hydrogen) atoms. The van der Waals surface area contributed by atoms with Crippen LogP contribution in [0.3, 0.4) is 0 Å². The predicted octanol–water partition coefficient (Wildman–Crippen LogP) is 1.44. The predicted molar refractivity (Wildman–Crippen MR) is 255 cm³/mol. The fraction of sp³-hybridized carbons (Fsp3) is 0.686. The molecule has 390 valence electrons. The van der Waals surface area contributed by atoms with Crippen molar-refractivity contribution in [2.45, 2.75) is 201 Å². The molecule has 0 spiro atoms. The van der Waals surface area contributed by atoms with Crippen molar-refractivity contribution < 1.29 is 79.6 Å². The summed E-state index contributed by atoms with van der Waals surface area (Å²) in [7, 11) is 0. The van der Waals surface area contributed by atoms with Crippen LogP contribution < -0.4 is 11.1 Å². The third-order valence-electron chi connectivity index (χ3n) is 13.0. The third kappa shape index (κ3) is 20.7. The van der Waals surface area contributed by atoms with Gasteiger partial charge in [0, 0.05) is 44.1 Å². The zero-order valence-electron chi connectivity index (χ0n) is 40.0. The number of hydrogen-bond acceptors (Lipinski definition) is 17. The fourth-order valence-corrected chi connectivity index (χ4v) is 9.05. The molecule has 0 radical (unpaired) electrons. The van der Waals surface area contributed by atoms with Gasteiger partial charge in [-0.2, -0.15) is 0 Å². The Morgan fingerprint density at radius 2 is 1.28 bits per heavy atom. The quantitative estimate of drug-likeness (QED) is 0.177. The molecule has 2 saturated heterocycles. The minimum absolute atomic E-state index is 0.0815. The molecule has 7 unspecified atom stereocenters. The highest BCUT2D eigenvalue weighted by atomic mass is 16.7. The maximum atomic E-state index is 14.0. The Hall–Kier alpha value is -3.44. The number of nitrogens with one attached hydrogen (secondary N) is 1. The van der Waals surface area contributed by atoms with Gasteiger partial charge in [0.15, 0.2) is 12.1 Å². The fourth-order valence-electron chi connectivity index (χ4n) is 9.05. The van der Waals surface area contributed by atoms with Crippen molar-refractivity contribution in [1.82, 2.24) is 5.32 Å². The average molecular weight is 977 g/mol. The summed E-state index contributed by atoms with van der Waals surface area (Å²) in [5, 5.41) is 112. The van der Waals surface area contributed by atoms with E-state index in [2.05, 4.69) is 5.32 Å². The van der Waals surface area contributed by atoms with Gasteiger partial charge < -0.3 is 81.1 Å². The van der Waals surface area contributed by atoms with E-state index in [4.69, 9.17) is 24.7 Å². The third-order valence-corrected chi connectivity index (χ3v) is 13.0. The van der Waals surface area contributed by atoms with Gasteiger partial charge in [0.05, 0.1) is 86.0 Å². The van der Waals surface area contributed by atoms with E-state index in [0.29, 0.717) is 0 Å². The van der Waals surface area contributed by atoms with E-state index in [1.165, 1.54) is 0 Å². The van der Waals surface area contributed by atoms with Crippen molar-refractivity contribution >= 4 is 11.9 Å². The lowest BCUT2D eigenvalue weighted by molar-refractivity contribution is -0.304. The van der Waals surface area contributed by atoms with E-state index in [9.17, 15) is 60.7 Å². The first kappa shape index (κ1) is 58.1. The maximum absolute atomic E-state index is 14.0. The molecule has 4 aliphatic rings. The molecule has 3 fully saturated rings. The summed E-state index contributed by atoms with van der Waals surface area (Å²) in [5.74, 6) is -4.92. The minimum Gasteiger partial charge on any atom is -0.462 e. The molecule has 1 aliphatic carbocycles. The van der Waals surface area contributed by atoms with Crippen LogP contribution in [0.5, 0.6) is 0 Å². The number of ether oxygens (including phenoxy) is 4. The second-order valence-electron chi connectivity index (χ2n) is 19.2. The number of nitrogens with two attached hydrogens (primary N) is 1. The van der Waals surface area contributed by atoms with Gasteiger partial charge in [-0.15, -0.1) is 0 Å². The summed E-state index contributed by atoms with van der Waals surface area (Å²) in [6.45, 7) is 3.24. The largest absolute Gasteiger partial charge is 0.462 e. The lowest BCUT2D eigenvalue weighted by Crippen LogP contribution is -2.60. The van der Waals surface area contributed by atoms with Crippen LogP contribution in [0.25, 0.3) is 0 Å². The van der Waals surface area contributed by atoms with Crippen molar-refractivity contribution in [3.8, 4) is 0 Å². The average Bonchev–Trinajstić information content (AvgIpc) is 3.27. The van der Waals surface area contributed by atoms with Crippen LogP contribution >= 0.6 is 0 Å². The SMILES string of the molecule is C[C@H]1C[C@H](O)[C@@H](C)/C=C/C=C/C=C/C=C/C=C/C=C/C=C/C(O[C@@H]2OC[C@@H](O)[C@H](N)[C@@H]2O)C[C@@H]2OC(O)(CC(O)CC(O)C(O)CCC(O)CC(O)CC(=O)O1)C[C@H](O)[C@H]2C(=O)NC1CCCCC1. The van der Waals surface area contributed by atoms with Crippen LogP contribution in [0.2, 0.25) is 0 Å². The van der Waals surface area contributed by atoms with Crippen molar-refractivity contribution in [3.63, 3.8) is 0 Å². The molecule has 1 amide bonds. The Morgan fingerprint density at radius 1 is 0.667 bits per heavy atom. The molecular formula is C51H80N2O16. The molecule has 2 bridgehead atoms. The summed E-state index contributed by atoms with van der Waals surface area (Å²) < 4.78 is 23.5. The highest BCUT2D eigenvalue weighted by Gasteiger charge is 2.51. The molecule has 17 atom stereocenters. The van der Waals surface area contributed by atoms with Gasteiger partial charge >= 0.3 is 5.97 Å². The number of cyclic esters (lactones) is 1. The molecule has 13 N–H and O–H groups in total. The van der Waals surface area contributed by atoms with Gasteiger partial charge in [-0.1, -0.05) is 111 Å². The summed E-state index contributed by atoms with van der Waals surface area (Å²) in [4.78, 5) is 26.6. The number of fused-ring (bicyclic) bond motifs is 2. The molecule has 18 nitrogen and oxygen atoms in total. The Bertz CT molecular complexity index is 1750. The van der Waals surface area contributed by atoms with Gasteiger partial charge in [0.2, 0.25) is 5.91 Å². The van der Waals surface area contributed by atoms with E-state index in [1.807, 2.05) is 49.5 Å². The smallest absolute Gasteiger partial charge is 0.308 e. The number of rotatable bonds is 4. The Labute approximate surface area is 406 Å². The number of carbonyl (C=O) groups is 2. The van der Waals surface area contributed by atoms with Crippen molar-refractivity contribution in [2.75, 3.05) is 6.61 Å².